The standard InChI is InChI=1S/C20H16N2O5S/c1-27-20(24)17-12-11-15(13-21-17)19(23)22-28(25,26)18-10-6-5-9-16(18)14-7-3-2-4-8-14/h2-13H,1H3,(H,22,23). The smallest absolute Gasteiger partial charge is 0.356 e. The summed E-state index contributed by atoms with van der Waals surface area (Å²) in [6.45, 7) is 0. The quantitative estimate of drug-likeness (QED) is 0.665. The molecule has 0 aliphatic rings. The summed E-state index contributed by atoms with van der Waals surface area (Å²) < 4.78 is 32.2. The number of benzene rings is 2. The third-order valence-electron chi connectivity index (χ3n) is 3.91. The van der Waals surface area contributed by atoms with Crippen LogP contribution in [0.5, 0.6) is 0 Å². The second-order valence-electron chi connectivity index (χ2n) is 5.72. The van der Waals surface area contributed by atoms with Crippen molar-refractivity contribution in [2.24, 2.45) is 0 Å². The number of carbonyl (C=O) groups excluding carboxylic acids is 2. The second kappa shape index (κ2) is 8.01. The highest BCUT2D eigenvalue weighted by atomic mass is 32.2. The van der Waals surface area contributed by atoms with Crippen molar-refractivity contribution in [1.29, 1.82) is 0 Å². The average molecular weight is 396 g/mol. The molecule has 1 aromatic heterocycles. The second-order valence-corrected chi connectivity index (χ2v) is 7.37. The van der Waals surface area contributed by atoms with Crippen LogP contribution in [0, 0.1) is 0 Å². The van der Waals surface area contributed by atoms with Crippen molar-refractivity contribution in [1.82, 2.24) is 9.71 Å². The molecule has 0 unspecified atom stereocenters. The van der Waals surface area contributed by atoms with E-state index in [1.807, 2.05) is 10.8 Å². The zero-order chi connectivity index (χ0) is 20.1. The zero-order valence-corrected chi connectivity index (χ0v) is 15.6. The van der Waals surface area contributed by atoms with Crippen LogP contribution in [0.3, 0.4) is 0 Å². The molecular formula is C20H16N2O5S. The van der Waals surface area contributed by atoms with Crippen LogP contribution in [0.2, 0.25) is 0 Å². The maximum Gasteiger partial charge on any atom is 0.356 e. The summed E-state index contributed by atoms with van der Waals surface area (Å²) in [5.74, 6) is -1.51. The maximum atomic E-state index is 12.8. The largest absolute Gasteiger partial charge is 0.464 e. The van der Waals surface area contributed by atoms with Gasteiger partial charge < -0.3 is 4.74 Å². The third kappa shape index (κ3) is 4.07. The normalized spacial score (nSPS) is 10.9. The van der Waals surface area contributed by atoms with Gasteiger partial charge in [-0.15, -0.1) is 0 Å². The fourth-order valence-electron chi connectivity index (χ4n) is 2.55. The Kier molecular flexibility index (Phi) is 5.51. The summed E-state index contributed by atoms with van der Waals surface area (Å²) in [7, 11) is -2.93. The molecule has 28 heavy (non-hydrogen) atoms. The van der Waals surface area contributed by atoms with Crippen molar-refractivity contribution < 1.29 is 22.7 Å². The van der Waals surface area contributed by atoms with Crippen LogP contribution in [-0.4, -0.2) is 32.4 Å². The molecule has 8 heteroatoms. The van der Waals surface area contributed by atoms with Gasteiger partial charge >= 0.3 is 5.97 Å². The number of aromatic nitrogens is 1. The lowest BCUT2D eigenvalue weighted by atomic mass is 10.1. The Morgan fingerprint density at radius 2 is 1.61 bits per heavy atom. The van der Waals surface area contributed by atoms with Gasteiger partial charge in [-0.25, -0.2) is 22.9 Å². The van der Waals surface area contributed by atoms with Gasteiger partial charge in [0.05, 0.1) is 17.6 Å². The number of sulfonamides is 1. The number of hydrogen-bond donors (Lipinski definition) is 1. The topological polar surface area (TPSA) is 102 Å². The van der Waals surface area contributed by atoms with Gasteiger partial charge in [-0.2, -0.15) is 0 Å². The van der Waals surface area contributed by atoms with Crippen molar-refractivity contribution in [3.8, 4) is 11.1 Å². The average Bonchev–Trinajstić information content (AvgIpc) is 2.73. The minimum atomic E-state index is -4.14. The number of hydrogen-bond acceptors (Lipinski definition) is 6. The Balaban J connectivity index is 1.89. The maximum absolute atomic E-state index is 12.8. The van der Waals surface area contributed by atoms with Gasteiger partial charge in [0, 0.05) is 11.8 Å². The molecule has 0 aliphatic heterocycles. The molecular weight excluding hydrogens is 380 g/mol. The molecule has 1 N–H and O–H groups in total. The third-order valence-corrected chi connectivity index (χ3v) is 5.30. The van der Waals surface area contributed by atoms with E-state index in [0.29, 0.717) is 11.1 Å². The van der Waals surface area contributed by atoms with E-state index in [2.05, 4.69) is 9.72 Å². The van der Waals surface area contributed by atoms with Crippen LogP contribution in [0.15, 0.2) is 77.8 Å². The Morgan fingerprint density at radius 3 is 2.25 bits per heavy atom. The molecule has 2 aromatic carbocycles. The molecule has 3 aromatic rings. The summed E-state index contributed by atoms with van der Waals surface area (Å²) in [4.78, 5) is 27.6. The molecule has 1 heterocycles. The van der Waals surface area contributed by atoms with Crippen molar-refractivity contribution in [3.63, 3.8) is 0 Å². The zero-order valence-electron chi connectivity index (χ0n) is 14.8. The minimum absolute atomic E-state index is 0.00609. The molecule has 7 nitrogen and oxygen atoms in total. The Hall–Kier alpha value is -3.52. The first kappa shape index (κ1) is 19.2. The fourth-order valence-corrected chi connectivity index (χ4v) is 3.75. The van der Waals surface area contributed by atoms with Crippen LogP contribution in [0.25, 0.3) is 11.1 Å². The van der Waals surface area contributed by atoms with Crippen molar-refractivity contribution in [3.05, 3.63) is 84.2 Å². The predicted octanol–water partition coefficient (Wildman–Crippen LogP) is 2.65. The molecule has 0 radical (unpaired) electrons. The highest BCUT2D eigenvalue weighted by molar-refractivity contribution is 7.90. The number of nitrogens with one attached hydrogen (secondary N) is 1. The van der Waals surface area contributed by atoms with Crippen LogP contribution < -0.4 is 4.72 Å². The van der Waals surface area contributed by atoms with Crippen LogP contribution >= 0.6 is 0 Å². The lowest BCUT2D eigenvalue weighted by Crippen LogP contribution is -2.31. The molecule has 0 saturated carbocycles. The van der Waals surface area contributed by atoms with Gasteiger partial charge in [0.1, 0.15) is 5.69 Å². The van der Waals surface area contributed by atoms with Crippen LogP contribution in [-0.2, 0) is 14.8 Å². The SMILES string of the molecule is COC(=O)c1ccc(C(=O)NS(=O)(=O)c2ccccc2-c2ccccc2)cn1. The minimum Gasteiger partial charge on any atom is -0.464 e. The van der Waals surface area contributed by atoms with Gasteiger partial charge in [0.2, 0.25) is 0 Å². The number of methoxy groups -OCH3 is 1. The number of esters is 1. The molecule has 0 bridgehead atoms. The molecule has 0 spiro atoms. The van der Waals surface area contributed by atoms with Gasteiger partial charge in [-0.3, -0.25) is 4.79 Å². The molecule has 0 aliphatic carbocycles. The van der Waals surface area contributed by atoms with E-state index in [4.69, 9.17) is 0 Å². The lowest BCUT2D eigenvalue weighted by molar-refractivity contribution is 0.0593. The van der Waals surface area contributed by atoms with Crippen LogP contribution in [0.4, 0.5) is 0 Å². The number of amides is 1. The van der Waals surface area contributed by atoms with Crippen molar-refractivity contribution >= 4 is 21.9 Å². The Morgan fingerprint density at radius 1 is 0.929 bits per heavy atom. The van der Waals surface area contributed by atoms with Crippen molar-refractivity contribution in [2.75, 3.05) is 7.11 Å². The van der Waals surface area contributed by atoms with E-state index in [1.165, 1.54) is 25.3 Å². The van der Waals surface area contributed by atoms with Gasteiger partial charge in [-0.1, -0.05) is 48.5 Å². The first-order chi connectivity index (χ1) is 13.4. The monoisotopic (exact) mass is 396 g/mol. The Bertz CT molecular complexity index is 1110. The van der Waals surface area contributed by atoms with Crippen LogP contribution in [0.1, 0.15) is 20.8 Å². The van der Waals surface area contributed by atoms with Gasteiger partial charge in [0.25, 0.3) is 15.9 Å². The van der Waals surface area contributed by atoms with Gasteiger partial charge in [0.15, 0.2) is 0 Å². The summed E-state index contributed by atoms with van der Waals surface area (Å²) in [6, 6.07) is 18.0. The van der Waals surface area contributed by atoms with E-state index in [1.54, 1.807) is 42.5 Å². The summed E-state index contributed by atoms with van der Waals surface area (Å²) in [6.07, 6.45) is 1.11. The first-order valence-electron chi connectivity index (χ1n) is 8.18. The highest BCUT2D eigenvalue weighted by Gasteiger charge is 2.22. The number of pyridine rings is 1. The molecule has 0 saturated heterocycles. The van der Waals surface area contributed by atoms with Gasteiger partial charge in [-0.05, 0) is 23.8 Å². The number of carbonyl (C=O) groups is 2. The lowest BCUT2D eigenvalue weighted by Gasteiger charge is -2.12. The molecule has 3 rings (SSSR count). The molecule has 1 amide bonds. The number of ether oxygens (including phenoxy) is 1. The number of rotatable bonds is 5. The van der Waals surface area contributed by atoms with E-state index < -0.39 is 21.9 Å². The fraction of sp³-hybridized carbons (Fsp3) is 0.0500. The molecule has 142 valence electrons. The first-order valence-corrected chi connectivity index (χ1v) is 9.66. The summed E-state index contributed by atoms with van der Waals surface area (Å²) >= 11 is 0. The highest BCUT2D eigenvalue weighted by Crippen LogP contribution is 2.27. The molecule has 0 fully saturated rings. The Labute approximate surface area is 162 Å². The van der Waals surface area contributed by atoms with E-state index in [-0.39, 0.29) is 16.2 Å². The van der Waals surface area contributed by atoms with E-state index in [0.717, 1.165) is 6.20 Å². The van der Waals surface area contributed by atoms with E-state index in [9.17, 15) is 18.0 Å². The number of nitrogens with zero attached hydrogens (tertiary/aromatic N) is 1. The predicted molar refractivity (Wildman–Crippen MR) is 102 cm³/mol. The summed E-state index contributed by atoms with van der Waals surface area (Å²) in [5.41, 5.74) is 1.19. The van der Waals surface area contributed by atoms with Crippen molar-refractivity contribution in [2.45, 2.75) is 4.90 Å². The van der Waals surface area contributed by atoms with E-state index >= 15 is 0 Å². The summed E-state index contributed by atoms with van der Waals surface area (Å²) in [5, 5.41) is 0. The molecule has 0 atom stereocenters.